The van der Waals surface area contributed by atoms with Crippen molar-refractivity contribution in [2.75, 3.05) is 0 Å². The Kier molecular flexibility index (Phi) is 4.02. The van der Waals surface area contributed by atoms with Crippen LogP contribution in [-0.2, 0) is 0 Å². The van der Waals surface area contributed by atoms with Crippen molar-refractivity contribution >= 4 is 33.1 Å². The van der Waals surface area contributed by atoms with E-state index in [0.29, 0.717) is 4.99 Å². The highest BCUT2D eigenvalue weighted by molar-refractivity contribution is 9.10. The Morgan fingerprint density at radius 1 is 1.20 bits per heavy atom. The number of nitrogens with zero attached hydrogens (tertiary/aromatic N) is 2. The van der Waals surface area contributed by atoms with E-state index in [0.717, 1.165) is 43.8 Å². The number of hydrogen-bond donors (Lipinski definition) is 1. The molecule has 0 aliphatic rings. The molecule has 106 valence electrons. The number of nitrogens with two attached hydrogens (primary N) is 1. The first kappa shape index (κ1) is 15.2. The maximum Gasteiger partial charge on any atom is 0.104 e. The van der Waals surface area contributed by atoms with Crippen molar-refractivity contribution in [2.45, 2.75) is 34.6 Å². The molecule has 0 aliphatic heterocycles. The first-order valence-electron chi connectivity index (χ1n) is 6.38. The van der Waals surface area contributed by atoms with E-state index in [4.69, 9.17) is 18.0 Å². The van der Waals surface area contributed by atoms with Gasteiger partial charge in [0.1, 0.15) is 4.99 Å². The van der Waals surface area contributed by atoms with Crippen LogP contribution < -0.4 is 5.73 Å². The van der Waals surface area contributed by atoms with Crippen LogP contribution in [0.4, 0.5) is 0 Å². The van der Waals surface area contributed by atoms with Gasteiger partial charge in [0.05, 0.1) is 21.5 Å². The highest BCUT2D eigenvalue weighted by atomic mass is 79.9. The zero-order valence-corrected chi connectivity index (χ0v) is 14.7. The van der Waals surface area contributed by atoms with E-state index in [1.54, 1.807) is 0 Å². The minimum atomic E-state index is 0.440. The number of aryl methyl sites for hydroxylation is 2. The Bertz CT molecular complexity index is 717. The summed E-state index contributed by atoms with van der Waals surface area (Å²) < 4.78 is 3.04. The molecule has 0 unspecified atom stereocenters. The fourth-order valence-electron chi connectivity index (χ4n) is 2.49. The van der Waals surface area contributed by atoms with Gasteiger partial charge in [0.2, 0.25) is 0 Å². The van der Waals surface area contributed by atoms with Gasteiger partial charge in [-0.15, -0.1) is 0 Å². The second kappa shape index (κ2) is 5.30. The Balaban J connectivity index is 2.79. The van der Waals surface area contributed by atoms with E-state index in [1.165, 1.54) is 0 Å². The molecule has 0 bridgehead atoms. The van der Waals surface area contributed by atoms with E-state index >= 15 is 0 Å². The van der Waals surface area contributed by atoms with Crippen LogP contribution in [0.15, 0.2) is 10.5 Å². The van der Waals surface area contributed by atoms with Gasteiger partial charge in [-0.1, -0.05) is 12.2 Å². The molecule has 2 aromatic rings. The number of rotatable bonds is 2. The van der Waals surface area contributed by atoms with Crippen LogP contribution in [0.5, 0.6) is 0 Å². The lowest BCUT2D eigenvalue weighted by Crippen LogP contribution is -2.15. The van der Waals surface area contributed by atoms with Crippen molar-refractivity contribution in [3.63, 3.8) is 0 Å². The third kappa shape index (κ3) is 2.29. The second-order valence-electron chi connectivity index (χ2n) is 5.10. The molecule has 0 amide bonds. The zero-order chi connectivity index (χ0) is 15.2. The van der Waals surface area contributed by atoms with Gasteiger partial charge in [0.25, 0.3) is 0 Å². The molecule has 5 heteroatoms. The normalized spacial score (nSPS) is 10.9. The topological polar surface area (TPSA) is 43.8 Å². The summed E-state index contributed by atoms with van der Waals surface area (Å²) in [6, 6.07) is 2.05. The van der Waals surface area contributed by atoms with Crippen molar-refractivity contribution in [3.05, 3.63) is 44.2 Å². The van der Waals surface area contributed by atoms with E-state index in [9.17, 15) is 0 Å². The first-order valence-corrected chi connectivity index (χ1v) is 7.58. The maximum absolute atomic E-state index is 5.80. The van der Waals surface area contributed by atoms with Gasteiger partial charge in [-0.05, 0) is 73.3 Å². The van der Waals surface area contributed by atoms with Gasteiger partial charge in [-0.2, -0.15) is 5.10 Å². The van der Waals surface area contributed by atoms with Crippen LogP contribution in [0.2, 0.25) is 0 Å². The molecule has 0 aliphatic carbocycles. The maximum atomic E-state index is 5.80. The lowest BCUT2D eigenvalue weighted by atomic mass is 9.97. The molecule has 20 heavy (non-hydrogen) atoms. The van der Waals surface area contributed by atoms with Crippen LogP contribution in [0.25, 0.3) is 5.69 Å². The van der Waals surface area contributed by atoms with Gasteiger partial charge in [-0.3, -0.25) is 0 Å². The Morgan fingerprint density at radius 2 is 1.80 bits per heavy atom. The summed E-state index contributed by atoms with van der Waals surface area (Å²) in [5.74, 6) is 0. The SMILES string of the molecule is Cc1cc(C(N)=S)c(C)c(C)c1-n1nc(C)c(Br)c1C. The number of hydrogen-bond acceptors (Lipinski definition) is 2. The average molecular weight is 352 g/mol. The van der Waals surface area contributed by atoms with E-state index in [2.05, 4.69) is 41.8 Å². The summed E-state index contributed by atoms with van der Waals surface area (Å²) in [6.45, 7) is 10.2. The molecule has 0 radical (unpaired) electrons. The quantitative estimate of drug-likeness (QED) is 0.836. The Morgan fingerprint density at radius 3 is 2.25 bits per heavy atom. The molecule has 1 aromatic carbocycles. The van der Waals surface area contributed by atoms with Crippen molar-refractivity contribution in [1.82, 2.24) is 9.78 Å². The molecule has 0 saturated carbocycles. The molecule has 2 N–H and O–H groups in total. The van der Waals surface area contributed by atoms with Crippen LogP contribution >= 0.6 is 28.1 Å². The van der Waals surface area contributed by atoms with Gasteiger partial charge >= 0.3 is 0 Å². The number of aromatic nitrogens is 2. The van der Waals surface area contributed by atoms with E-state index in [1.807, 2.05) is 24.6 Å². The molecule has 0 saturated heterocycles. The average Bonchev–Trinajstić information content (AvgIpc) is 2.62. The van der Waals surface area contributed by atoms with Crippen LogP contribution in [0.1, 0.15) is 33.6 Å². The molecule has 0 spiro atoms. The van der Waals surface area contributed by atoms with Gasteiger partial charge in [0.15, 0.2) is 0 Å². The third-order valence-electron chi connectivity index (χ3n) is 3.74. The second-order valence-corrected chi connectivity index (χ2v) is 6.33. The Hall–Kier alpha value is -1.20. The molecule has 1 aromatic heterocycles. The molecule has 2 rings (SSSR count). The fraction of sp³-hybridized carbons (Fsp3) is 0.333. The van der Waals surface area contributed by atoms with Crippen molar-refractivity contribution in [3.8, 4) is 5.69 Å². The predicted octanol–water partition coefficient (Wildman–Crippen LogP) is 3.81. The van der Waals surface area contributed by atoms with E-state index < -0.39 is 0 Å². The summed E-state index contributed by atoms with van der Waals surface area (Å²) in [7, 11) is 0. The minimum Gasteiger partial charge on any atom is -0.389 e. The van der Waals surface area contributed by atoms with Gasteiger partial charge in [0, 0.05) is 5.56 Å². The largest absolute Gasteiger partial charge is 0.389 e. The fourth-order valence-corrected chi connectivity index (χ4v) is 2.95. The monoisotopic (exact) mass is 351 g/mol. The number of halogens is 1. The Labute approximate surface area is 133 Å². The molecule has 3 nitrogen and oxygen atoms in total. The molecule has 1 heterocycles. The molecular formula is C15H18BrN3S. The van der Waals surface area contributed by atoms with Crippen molar-refractivity contribution in [2.24, 2.45) is 5.73 Å². The highest BCUT2D eigenvalue weighted by Gasteiger charge is 2.17. The molecular weight excluding hydrogens is 334 g/mol. The smallest absolute Gasteiger partial charge is 0.104 e. The lowest BCUT2D eigenvalue weighted by molar-refractivity contribution is 0.819. The third-order valence-corrected chi connectivity index (χ3v) is 5.10. The van der Waals surface area contributed by atoms with Crippen LogP contribution in [-0.4, -0.2) is 14.8 Å². The standard InChI is InChI=1S/C15H18BrN3S/c1-7-6-12(15(17)20)8(2)9(3)14(7)19-11(5)13(16)10(4)18-19/h6H,1-5H3,(H2,17,20). The van der Waals surface area contributed by atoms with Gasteiger partial charge in [-0.25, -0.2) is 4.68 Å². The summed E-state index contributed by atoms with van der Waals surface area (Å²) in [5, 5.41) is 4.62. The summed E-state index contributed by atoms with van der Waals surface area (Å²) in [5.41, 5.74) is 13.3. The van der Waals surface area contributed by atoms with E-state index in [-0.39, 0.29) is 0 Å². The van der Waals surface area contributed by atoms with Crippen LogP contribution in [0.3, 0.4) is 0 Å². The van der Waals surface area contributed by atoms with Crippen LogP contribution in [0, 0.1) is 34.6 Å². The number of benzene rings is 1. The first-order chi connectivity index (χ1) is 9.25. The summed E-state index contributed by atoms with van der Waals surface area (Å²) in [6.07, 6.45) is 0. The minimum absolute atomic E-state index is 0.440. The molecule has 0 fully saturated rings. The van der Waals surface area contributed by atoms with Crippen molar-refractivity contribution in [1.29, 1.82) is 0 Å². The van der Waals surface area contributed by atoms with Crippen molar-refractivity contribution < 1.29 is 0 Å². The number of thiocarbonyl (C=S) groups is 1. The lowest BCUT2D eigenvalue weighted by Gasteiger charge is -2.17. The zero-order valence-electron chi connectivity index (χ0n) is 12.3. The van der Waals surface area contributed by atoms with Gasteiger partial charge < -0.3 is 5.73 Å². The summed E-state index contributed by atoms with van der Waals surface area (Å²) in [4.78, 5) is 0.440. The summed E-state index contributed by atoms with van der Waals surface area (Å²) >= 11 is 8.71. The predicted molar refractivity (Wildman–Crippen MR) is 90.8 cm³/mol. The molecule has 0 atom stereocenters. The highest BCUT2D eigenvalue weighted by Crippen LogP contribution is 2.29.